The summed E-state index contributed by atoms with van der Waals surface area (Å²) in [7, 11) is 0. The molecule has 0 saturated heterocycles. The van der Waals surface area contributed by atoms with Gasteiger partial charge in [-0.3, -0.25) is 0 Å². The van der Waals surface area contributed by atoms with Crippen molar-refractivity contribution in [1.29, 1.82) is 0 Å². The molecule has 102 valence electrons. The molecular weight excluding hydrogens is 273 g/mol. The molecule has 0 saturated carbocycles. The van der Waals surface area contributed by atoms with Gasteiger partial charge in [0.05, 0.1) is 0 Å². The van der Waals surface area contributed by atoms with Gasteiger partial charge in [0.15, 0.2) is 5.09 Å². The minimum Gasteiger partial charge on any atom is -0.449 e. The van der Waals surface area contributed by atoms with Crippen molar-refractivity contribution in [1.82, 2.24) is 0 Å². The van der Waals surface area contributed by atoms with E-state index < -0.39 is 11.7 Å². The second kappa shape index (κ2) is 5.33. The number of alkyl halides is 3. The highest BCUT2D eigenvalue weighted by Gasteiger charge is 2.36. The van der Waals surface area contributed by atoms with Crippen LogP contribution in [0.2, 0.25) is 0 Å². The lowest BCUT2D eigenvalue weighted by molar-refractivity contribution is -0.140. The molecule has 1 aromatic carbocycles. The van der Waals surface area contributed by atoms with Crippen molar-refractivity contribution < 1.29 is 17.6 Å². The summed E-state index contributed by atoms with van der Waals surface area (Å²) in [6.45, 7) is 3.71. The number of thioether (sulfide) groups is 1. The van der Waals surface area contributed by atoms with Gasteiger partial charge in [-0.2, -0.15) is 13.2 Å². The summed E-state index contributed by atoms with van der Waals surface area (Å²) in [5, 5.41) is -0.0643. The summed E-state index contributed by atoms with van der Waals surface area (Å²) in [5.74, 6) is 0.785. The number of rotatable bonds is 3. The average Bonchev–Trinajstić information content (AvgIpc) is 2.74. The van der Waals surface area contributed by atoms with E-state index >= 15 is 0 Å². The van der Waals surface area contributed by atoms with Crippen molar-refractivity contribution >= 4 is 11.8 Å². The molecule has 0 N–H and O–H groups in total. The molecule has 0 aliphatic carbocycles. The molecule has 0 bridgehead atoms. The van der Waals surface area contributed by atoms with Crippen LogP contribution in [0.15, 0.2) is 39.8 Å². The van der Waals surface area contributed by atoms with Gasteiger partial charge in [-0.25, -0.2) is 0 Å². The Balaban J connectivity index is 2.45. The van der Waals surface area contributed by atoms with Gasteiger partial charge in [-0.05, 0) is 18.7 Å². The smallest absolute Gasteiger partial charge is 0.420 e. The lowest BCUT2D eigenvalue weighted by atomic mass is 10.1. The van der Waals surface area contributed by atoms with Crippen LogP contribution in [0.25, 0.3) is 11.3 Å². The monoisotopic (exact) mass is 286 g/mol. The van der Waals surface area contributed by atoms with E-state index in [-0.39, 0.29) is 10.9 Å². The third kappa shape index (κ3) is 3.15. The van der Waals surface area contributed by atoms with Gasteiger partial charge in [0.2, 0.25) is 0 Å². The van der Waals surface area contributed by atoms with Gasteiger partial charge in [0.25, 0.3) is 0 Å². The quantitative estimate of drug-likeness (QED) is 0.702. The molecule has 2 rings (SSSR count). The van der Waals surface area contributed by atoms with Crippen LogP contribution in [0.1, 0.15) is 18.1 Å². The third-order valence-electron chi connectivity index (χ3n) is 2.61. The lowest BCUT2D eigenvalue weighted by Crippen LogP contribution is -2.04. The summed E-state index contributed by atoms with van der Waals surface area (Å²) in [6, 6.07) is 8.28. The van der Waals surface area contributed by atoms with Crippen LogP contribution in [0, 0.1) is 6.92 Å². The van der Waals surface area contributed by atoms with Crippen LogP contribution in [0.4, 0.5) is 13.2 Å². The fraction of sp³-hybridized carbons (Fsp3) is 0.286. The molecule has 5 heteroatoms. The molecule has 1 heterocycles. The fourth-order valence-electron chi connectivity index (χ4n) is 1.67. The third-order valence-corrected chi connectivity index (χ3v) is 3.47. The maximum absolute atomic E-state index is 12.9. The first kappa shape index (κ1) is 14.1. The normalized spacial score (nSPS) is 11.8. The second-order valence-corrected chi connectivity index (χ2v) is 5.35. The van der Waals surface area contributed by atoms with Crippen molar-refractivity contribution in [3.8, 4) is 11.3 Å². The fourth-order valence-corrected chi connectivity index (χ4v) is 2.41. The van der Waals surface area contributed by atoms with Crippen molar-refractivity contribution in [3.63, 3.8) is 0 Å². The Bertz CT molecular complexity index is 555. The molecule has 0 unspecified atom stereocenters. The first-order valence-corrected chi connectivity index (χ1v) is 6.81. The summed E-state index contributed by atoms with van der Waals surface area (Å²) in [5.41, 5.74) is 1.00. The van der Waals surface area contributed by atoms with E-state index in [1.54, 1.807) is 19.1 Å². The molecule has 1 aromatic heterocycles. The molecule has 0 amide bonds. The number of halogens is 3. The number of hydrogen-bond acceptors (Lipinski definition) is 2. The number of furan rings is 1. The molecule has 0 fully saturated rings. The van der Waals surface area contributed by atoms with E-state index in [9.17, 15) is 13.2 Å². The van der Waals surface area contributed by atoms with E-state index in [2.05, 4.69) is 0 Å². The first-order valence-electron chi connectivity index (χ1n) is 5.82. The second-order valence-electron chi connectivity index (χ2n) is 4.11. The van der Waals surface area contributed by atoms with Gasteiger partial charge >= 0.3 is 6.18 Å². The van der Waals surface area contributed by atoms with Crippen LogP contribution in [-0.4, -0.2) is 5.75 Å². The highest BCUT2D eigenvalue weighted by molar-refractivity contribution is 7.99. The number of benzene rings is 1. The Morgan fingerprint density at radius 1 is 1.16 bits per heavy atom. The zero-order valence-corrected chi connectivity index (χ0v) is 11.4. The van der Waals surface area contributed by atoms with Crippen molar-refractivity contribution in [3.05, 3.63) is 41.5 Å². The van der Waals surface area contributed by atoms with Gasteiger partial charge < -0.3 is 4.42 Å². The standard InChI is InChI=1S/C14H13F3OS/c1-3-19-13-11(14(15,16)17)8-12(18-13)10-6-4-9(2)5-7-10/h4-8H,3H2,1-2H3. The van der Waals surface area contributed by atoms with Gasteiger partial charge in [0.1, 0.15) is 11.3 Å². The number of aryl methyl sites for hydroxylation is 1. The summed E-state index contributed by atoms with van der Waals surface area (Å²) in [4.78, 5) is 0. The molecular formula is C14H13F3OS. The van der Waals surface area contributed by atoms with E-state index in [1.165, 1.54) is 0 Å². The molecule has 0 aliphatic rings. The summed E-state index contributed by atoms with van der Waals surface area (Å²) in [6.07, 6.45) is -4.38. The van der Waals surface area contributed by atoms with Crippen LogP contribution in [-0.2, 0) is 6.18 Å². The minimum absolute atomic E-state index is 0.0643. The number of hydrogen-bond donors (Lipinski definition) is 0. The van der Waals surface area contributed by atoms with Crippen molar-refractivity contribution in [2.24, 2.45) is 0 Å². The highest BCUT2D eigenvalue weighted by atomic mass is 32.2. The van der Waals surface area contributed by atoms with Crippen LogP contribution >= 0.6 is 11.8 Å². The molecule has 2 aromatic rings. The van der Waals surface area contributed by atoms with E-state index in [1.807, 2.05) is 19.1 Å². The molecule has 1 nitrogen and oxygen atoms in total. The predicted octanol–water partition coefficient (Wildman–Crippen LogP) is 5.39. The zero-order valence-electron chi connectivity index (χ0n) is 10.5. The van der Waals surface area contributed by atoms with E-state index in [4.69, 9.17) is 4.42 Å². The Hall–Kier alpha value is -1.36. The molecule has 0 aliphatic heterocycles. The van der Waals surface area contributed by atoms with Crippen LogP contribution < -0.4 is 0 Å². The van der Waals surface area contributed by atoms with Gasteiger partial charge in [-0.15, -0.1) is 0 Å². The lowest BCUT2D eigenvalue weighted by Gasteiger charge is -2.04. The van der Waals surface area contributed by atoms with Crippen LogP contribution in [0.3, 0.4) is 0 Å². The Labute approximate surface area is 113 Å². The van der Waals surface area contributed by atoms with Crippen LogP contribution in [0.5, 0.6) is 0 Å². The molecule has 0 atom stereocenters. The van der Waals surface area contributed by atoms with Gasteiger partial charge in [0, 0.05) is 5.56 Å². The SMILES string of the molecule is CCSc1oc(-c2ccc(C)cc2)cc1C(F)(F)F. The highest BCUT2D eigenvalue weighted by Crippen LogP contribution is 2.41. The largest absolute Gasteiger partial charge is 0.449 e. The van der Waals surface area contributed by atoms with Crippen molar-refractivity contribution in [2.45, 2.75) is 25.1 Å². The zero-order chi connectivity index (χ0) is 14.0. The Morgan fingerprint density at radius 2 is 1.79 bits per heavy atom. The maximum atomic E-state index is 12.9. The first-order chi connectivity index (χ1) is 8.91. The Morgan fingerprint density at radius 3 is 2.32 bits per heavy atom. The van der Waals surface area contributed by atoms with E-state index in [0.717, 1.165) is 23.4 Å². The Kier molecular flexibility index (Phi) is 3.94. The summed E-state index contributed by atoms with van der Waals surface area (Å²) < 4.78 is 44.0. The maximum Gasteiger partial charge on any atom is 0.420 e. The van der Waals surface area contributed by atoms with Crippen molar-refractivity contribution in [2.75, 3.05) is 5.75 Å². The molecule has 19 heavy (non-hydrogen) atoms. The summed E-state index contributed by atoms with van der Waals surface area (Å²) >= 11 is 1.06. The molecule has 0 spiro atoms. The van der Waals surface area contributed by atoms with Gasteiger partial charge in [-0.1, -0.05) is 48.5 Å². The molecule has 0 radical (unpaired) electrons. The average molecular weight is 286 g/mol. The minimum atomic E-state index is -4.38. The topological polar surface area (TPSA) is 13.1 Å². The van der Waals surface area contributed by atoms with E-state index in [0.29, 0.717) is 11.3 Å². The predicted molar refractivity (Wildman–Crippen MR) is 70.3 cm³/mol.